The monoisotopic (exact) mass is 336 g/mol. The predicted octanol–water partition coefficient (Wildman–Crippen LogP) is 2.03. The normalized spacial score (nSPS) is 31.7. The number of amides is 2. The van der Waals surface area contributed by atoms with Gasteiger partial charge in [-0.05, 0) is 32.6 Å². The Labute approximate surface area is 145 Å². The van der Waals surface area contributed by atoms with Gasteiger partial charge in [-0.3, -0.25) is 9.59 Å². The molecule has 0 spiro atoms. The highest BCUT2D eigenvalue weighted by molar-refractivity contribution is 5.81. The summed E-state index contributed by atoms with van der Waals surface area (Å²) >= 11 is 0. The van der Waals surface area contributed by atoms with E-state index in [-0.39, 0.29) is 23.2 Å². The van der Waals surface area contributed by atoms with Crippen molar-refractivity contribution >= 4 is 11.8 Å². The van der Waals surface area contributed by atoms with Crippen LogP contribution in [0.1, 0.15) is 59.3 Å². The van der Waals surface area contributed by atoms with Gasteiger partial charge in [0, 0.05) is 43.4 Å². The van der Waals surface area contributed by atoms with Crippen LogP contribution in [0.4, 0.5) is 0 Å². The SMILES string of the molecule is CC1(C)CN(C(=O)C2CCN(C(=O)C3CCCC3)CC2)C[C@]1(C)O. The Morgan fingerprint density at radius 1 is 0.833 bits per heavy atom. The van der Waals surface area contributed by atoms with Crippen LogP contribution in [-0.4, -0.2) is 58.5 Å². The zero-order chi connectivity index (χ0) is 17.5. The van der Waals surface area contributed by atoms with Gasteiger partial charge < -0.3 is 14.9 Å². The fourth-order valence-electron chi connectivity index (χ4n) is 4.48. The summed E-state index contributed by atoms with van der Waals surface area (Å²) in [5.74, 6) is 0.700. The predicted molar refractivity (Wildman–Crippen MR) is 92.2 cm³/mol. The molecule has 1 N–H and O–H groups in total. The third-order valence-corrected chi connectivity index (χ3v) is 6.71. The molecule has 3 rings (SSSR count). The highest BCUT2D eigenvalue weighted by atomic mass is 16.3. The number of likely N-dealkylation sites (tertiary alicyclic amines) is 2. The molecule has 2 saturated heterocycles. The van der Waals surface area contributed by atoms with Crippen molar-refractivity contribution in [3.8, 4) is 0 Å². The first-order valence-electron chi connectivity index (χ1n) is 9.51. The van der Waals surface area contributed by atoms with Crippen molar-refractivity contribution in [3.05, 3.63) is 0 Å². The van der Waals surface area contributed by atoms with E-state index >= 15 is 0 Å². The molecule has 0 bridgehead atoms. The molecule has 24 heavy (non-hydrogen) atoms. The van der Waals surface area contributed by atoms with Crippen LogP contribution in [0.3, 0.4) is 0 Å². The van der Waals surface area contributed by atoms with Crippen molar-refractivity contribution < 1.29 is 14.7 Å². The molecule has 0 aromatic rings. The van der Waals surface area contributed by atoms with Gasteiger partial charge in [-0.15, -0.1) is 0 Å². The number of hydrogen-bond acceptors (Lipinski definition) is 3. The molecule has 3 fully saturated rings. The topological polar surface area (TPSA) is 60.9 Å². The van der Waals surface area contributed by atoms with Crippen molar-refractivity contribution in [3.63, 3.8) is 0 Å². The van der Waals surface area contributed by atoms with Gasteiger partial charge in [0.2, 0.25) is 11.8 Å². The summed E-state index contributed by atoms with van der Waals surface area (Å²) in [5.41, 5.74) is -1.11. The van der Waals surface area contributed by atoms with Crippen molar-refractivity contribution in [1.82, 2.24) is 9.80 Å². The van der Waals surface area contributed by atoms with Crippen molar-refractivity contribution in [2.45, 2.75) is 64.9 Å². The fourth-order valence-corrected chi connectivity index (χ4v) is 4.48. The highest BCUT2D eigenvalue weighted by Crippen LogP contribution is 2.39. The third-order valence-electron chi connectivity index (χ3n) is 6.71. The molecular weight excluding hydrogens is 304 g/mol. The Morgan fingerprint density at radius 3 is 1.83 bits per heavy atom. The van der Waals surface area contributed by atoms with Gasteiger partial charge in [0.25, 0.3) is 0 Å². The molecule has 5 nitrogen and oxygen atoms in total. The van der Waals surface area contributed by atoms with Crippen LogP contribution in [0.25, 0.3) is 0 Å². The number of aliphatic hydroxyl groups is 1. The first-order chi connectivity index (χ1) is 11.2. The Bertz CT molecular complexity index is 485. The molecule has 2 aliphatic heterocycles. The molecule has 0 unspecified atom stereocenters. The second kappa shape index (κ2) is 6.32. The lowest BCUT2D eigenvalue weighted by molar-refractivity contribution is -0.142. The van der Waals surface area contributed by atoms with Crippen LogP contribution in [-0.2, 0) is 9.59 Å². The molecule has 0 aromatic heterocycles. The number of piperidine rings is 1. The van der Waals surface area contributed by atoms with E-state index in [1.807, 2.05) is 30.6 Å². The van der Waals surface area contributed by atoms with Crippen LogP contribution in [0.15, 0.2) is 0 Å². The van der Waals surface area contributed by atoms with E-state index in [1.165, 1.54) is 12.8 Å². The van der Waals surface area contributed by atoms with E-state index in [2.05, 4.69) is 0 Å². The van der Waals surface area contributed by atoms with Crippen LogP contribution >= 0.6 is 0 Å². The highest BCUT2D eigenvalue weighted by Gasteiger charge is 2.50. The molecule has 1 saturated carbocycles. The van der Waals surface area contributed by atoms with E-state index in [1.54, 1.807) is 0 Å². The lowest BCUT2D eigenvalue weighted by atomic mass is 9.79. The summed E-state index contributed by atoms with van der Waals surface area (Å²) in [6.45, 7) is 8.30. The average Bonchev–Trinajstić information content (AvgIpc) is 3.13. The van der Waals surface area contributed by atoms with E-state index in [4.69, 9.17) is 0 Å². The van der Waals surface area contributed by atoms with Crippen molar-refractivity contribution in [2.24, 2.45) is 17.3 Å². The van der Waals surface area contributed by atoms with Gasteiger partial charge in [0.05, 0.1) is 5.60 Å². The molecule has 1 atom stereocenters. The largest absolute Gasteiger partial charge is 0.388 e. The van der Waals surface area contributed by atoms with Gasteiger partial charge in [-0.25, -0.2) is 0 Å². The molecule has 1 aliphatic carbocycles. The number of carbonyl (C=O) groups is 2. The minimum absolute atomic E-state index is 0.00216. The molecule has 2 amide bonds. The third kappa shape index (κ3) is 3.19. The number of nitrogens with zero attached hydrogens (tertiary/aromatic N) is 2. The van der Waals surface area contributed by atoms with Crippen LogP contribution < -0.4 is 0 Å². The van der Waals surface area contributed by atoms with Crippen LogP contribution in [0.2, 0.25) is 0 Å². The van der Waals surface area contributed by atoms with Crippen molar-refractivity contribution in [2.75, 3.05) is 26.2 Å². The summed E-state index contributed by atoms with van der Waals surface area (Å²) in [4.78, 5) is 29.1. The molecule has 0 radical (unpaired) electrons. The van der Waals surface area contributed by atoms with E-state index in [0.29, 0.717) is 32.1 Å². The standard InChI is InChI=1S/C19H32N2O3/c1-18(2)12-21(13-19(18,3)24)17(23)15-8-10-20(11-9-15)16(22)14-6-4-5-7-14/h14-15,24H,4-13H2,1-3H3/t19-/m0/s1. The number of β-amino-alcohol motifs (C(OH)–C–C–N with tert-alkyl or cyclic N) is 1. The maximum Gasteiger partial charge on any atom is 0.225 e. The summed E-state index contributed by atoms with van der Waals surface area (Å²) in [7, 11) is 0. The summed E-state index contributed by atoms with van der Waals surface area (Å²) in [6.07, 6.45) is 5.95. The molecular formula is C19H32N2O3. The number of rotatable bonds is 2. The van der Waals surface area contributed by atoms with E-state index in [0.717, 1.165) is 25.7 Å². The lowest BCUT2D eigenvalue weighted by Crippen LogP contribution is -2.46. The summed E-state index contributed by atoms with van der Waals surface area (Å²) in [5, 5.41) is 10.5. The summed E-state index contributed by atoms with van der Waals surface area (Å²) < 4.78 is 0. The van der Waals surface area contributed by atoms with E-state index < -0.39 is 5.60 Å². The number of carbonyl (C=O) groups excluding carboxylic acids is 2. The zero-order valence-electron chi connectivity index (χ0n) is 15.4. The Hall–Kier alpha value is -1.10. The summed E-state index contributed by atoms with van der Waals surface area (Å²) in [6, 6.07) is 0. The second-order valence-corrected chi connectivity index (χ2v) is 8.93. The quantitative estimate of drug-likeness (QED) is 0.839. The van der Waals surface area contributed by atoms with Gasteiger partial charge in [-0.2, -0.15) is 0 Å². The molecule has 136 valence electrons. The fraction of sp³-hybridized carbons (Fsp3) is 0.895. The lowest BCUT2D eigenvalue weighted by Gasteiger charge is -2.34. The van der Waals surface area contributed by atoms with Crippen LogP contribution in [0, 0.1) is 17.3 Å². The molecule has 3 aliphatic rings. The molecule has 2 heterocycles. The van der Waals surface area contributed by atoms with Gasteiger partial charge in [0.15, 0.2) is 0 Å². The first kappa shape index (κ1) is 17.7. The van der Waals surface area contributed by atoms with E-state index in [9.17, 15) is 14.7 Å². The van der Waals surface area contributed by atoms with Gasteiger partial charge >= 0.3 is 0 Å². The van der Waals surface area contributed by atoms with Crippen LogP contribution in [0.5, 0.6) is 0 Å². The minimum Gasteiger partial charge on any atom is -0.388 e. The maximum absolute atomic E-state index is 12.8. The first-order valence-corrected chi connectivity index (χ1v) is 9.51. The minimum atomic E-state index is -0.832. The Morgan fingerprint density at radius 2 is 1.33 bits per heavy atom. The number of hydrogen-bond donors (Lipinski definition) is 1. The van der Waals surface area contributed by atoms with Crippen molar-refractivity contribution in [1.29, 1.82) is 0 Å². The average molecular weight is 336 g/mol. The Kier molecular flexibility index (Phi) is 4.67. The molecule has 0 aromatic carbocycles. The van der Waals surface area contributed by atoms with Gasteiger partial charge in [0.1, 0.15) is 0 Å². The second-order valence-electron chi connectivity index (χ2n) is 8.93. The van der Waals surface area contributed by atoms with Gasteiger partial charge in [-0.1, -0.05) is 26.7 Å². The maximum atomic E-state index is 12.8. The molecule has 5 heteroatoms. The zero-order valence-corrected chi connectivity index (χ0v) is 15.4. The Balaban J connectivity index is 1.53. The smallest absolute Gasteiger partial charge is 0.225 e.